The second-order valence-corrected chi connectivity index (χ2v) is 5.73. The van der Waals surface area contributed by atoms with Crippen LogP contribution in [0.2, 0.25) is 0 Å². The Morgan fingerprint density at radius 3 is 2.80 bits per heavy atom. The van der Waals surface area contributed by atoms with Gasteiger partial charge in [-0.25, -0.2) is 4.79 Å². The van der Waals surface area contributed by atoms with Crippen LogP contribution in [-0.4, -0.2) is 35.9 Å². The smallest absolute Gasteiger partial charge is 0.368 e. The number of aliphatic hydroxyl groups excluding tert-OH is 1. The van der Waals surface area contributed by atoms with Crippen molar-refractivity contribution in [1.29, 1.82) is 0 Å². The van der Waals surface area contributed by atoms with Crippen LogP contribution in [-0.2, 0) is 0 Å². The predicted molar refractivity (Wildman–Crippen MR) is 73.4 cm³/mol. The Kier molecular flexibility index (Phi) is 4.15. The van der Waals surface area contributed by atoms with Crippen LogP contribution in [0.4, 0.5) is 4.79 Å². The molecule has 1 aromatic carbocycles. The highest BCUT2D eigenvalue weighted by molar-refractivity contribution is 5.77. The third kappa shape index (κ3) is 3.85. The number of ether oxygens (including phenoxy) is 1. The summed E-state index contributed by atoms with van der Waals surface area (Å²) in [5, 5.41) is 14.0. The van der Waals surface area contributed by atoms with Crippen LogP contribution in [0, 0.1) is 0 Å². The van der Waals surface area contributed by atoms with E-state index in [0.717, 1.165) is 0 Å². The number of aliphatic hydroxyl groups is 1. The molecule has 0 saturated heterocycles. The highest BCUT2D eigenvalue weighted by Crippen LogP contribution is 2.04. The van der Waals surface area contributed by atoms with E-state index in [2.05, 4.69) is 15.3 Å². The Labute approximate surface area is 117 Å². The first-order valence-corrected chi connectivity index (χ1v) is 6.51. The van der Waals surface area contributed by atoms with E-state index in [1.165, 1.54) is 0 Å². The number of benzene rings is 1. The summed E-state index contributed by atoms with van der Waals surface area (Å²) < 4.78 is 5.53. The lowest BCUT2D eigenvalue weighted by atomic mass is 10.1. The van der Waals surface area contributed by atoms with Crippen molar-refractivity contribution in [3.05, 3.63) is 28.9 Å². The van der Waals surface area contributed by atoms with Gasteiger partial charge >= 0.3 is 6.03 Å². The molecular formula is C14H19N3O3. The molecule has 0 aromatic heterocycles. The van der Waals surface area contributed by atoms with E-state index in [1.54, 1.807) is 18.2 Å². The van der Waals surface area contributed by atoms with Gasteiger partial charge in [0.15, 0.2) is 0 Å². The molecule has 0 radical (unpaired) electrons. The van der Waals surface area contributed by atoms with E-state index in [9.17, 15) is 9.90 Å². The number of nitrogens with zero attached hydrogens (tertiary/aromatic N) is 2. The predicted octanol–water partition coefficient (Wildman–Crippen LogP) is 0.187. The largest absolute Gasteiger partial charge is 0.488 e. The minimum atomic E-state index is -0.640. The van der Waals surface area contributed by atoms with Gasteiger partial charge in [0, 0.05) is 12.1 Å². The Hall–Kier alpha value is -1.79. The number of β-amino-alcohol motifs (C(OH)–C–C–N with tert-alkyl or cyclic N) is 1. The number of hydrogen-bond acceptors (Lipinski definition) is 4. The lowest BCUT2D eigenvalue weighted by Gasteiger charge is -2.22. The quantitative estimate of drug-likeness (QED) is 0.804. The number of carbonyl (C=O) groups is 1. The summed E-state index contributed by atoms with van der Waals surface area (Å²) in [5.74, 6) is 0.465. The van der Waals surface area contributed by atoms with Crippen LogP contribution in [0.25, 0.3) is 0 Å². The highest BCUT2D eigenvalue weighted by atomic mass is 16.5. The number of nitrogens with one attached hydrogen (secondary N) is 1. The first-order valence-electron chi connectivity index (χ1n) is 6.51. The second-order valence-electron chi connectivity index (χ2n) is 5.73. The molecule has 2 N–H and O–H groups in total. The molecule has 0 bridgehead atoms. The SMILES string of the molecule is CC(C)(C)NCC(O)COc1cccc2c1=NC(=O)N=2. The minimum Gasteiger partial charge on any atom is -0.488 e. The fraction of sp³-hybridized carbons (Fsp3) is 0.500. The van der Waals surface area contributed by atoms with Gasteiger partial charge in [-0.15, -0.1) is 0 Å². The standard InChI is InChI=1S/C14H19N3O3/c1-14(2,3)15-7-9(18)8-20-11-6-4-5-10-12(11)17-13(19)16-10/h4-6,9,15,18H,7-8H2,1-3H3. The minimum absolute atomic E-state index is 0.0599. The van der Waals surface area contributed by atoms with Gasteiger partial charge < -0.3 is 15.2 Å². The van der Waals surface area contributed by atoms with Gasteiger partial charge in [0.05, 0.1) is 5.36 Å². The number of amides is 2. The molecule has 6 heteroatoms. The Morgan fingerprint density at radius 2 is 2.10 bits per heavy atom. The van der Waals surface area contributed by atoms with Crippen molar-refractivity contribution < 1.29 is 14.6 Å². The van der Waals surface area contributed by atoms with Gasteiger partial charge in [-0.05, 0) is 32.9 Å². The number of urea groups is 1. The van der Waals surface area contributed by atoms with Crippen molar-refractivity contribution in [3.63, 3.8) is 0 Å². The van der Waals surface area contributed by atoms with Crippen molar-refractivity contribution in [2.45, 2.75) is 32.4 Å². The van der Waals surface area contributed by atoms with Crippen molar-refractivity contribution >= 4 is 6.03 Å². The maximum Gasteiger partial charge on any atom is 0.368 e. The zero-order chi connectivity index (χ0) is 14.8. The monoisotopic (exact) mass is 277 g/mol. The topological polar surface area (TPSA) is 83.3 Å². The third-order valence-corrected chi connectivity index (χ3v) is 2.70. The van der Waals surface area contributed by atoms with Crippen molar-refractivity contribution in [3.8, 4) is 5.75 Å². The second kappa shape index (κ2) is 5.68. The molecule has 1 aromatic rings. The van der Waals surface area contributed by atoms with Crippen molar-refractivity contribution in [2.75, 3.05) is 13.2 Å². The molecule has 2 rings (SSSR count). The van der Waals surface area contributed by atoms with Crippen LogP contribution in [0.1, 0.15) is 20.8 Å². The number of fused-ring (bicyclic) bond motifs is 1. The van der Waals surface area contributed by atoms with E-state index in [0.29, 0.717) is 23.0 Å². The molecule has 1 heterocycles. The molecular weight excluding hydrogens is 258 g/mol. The molecule has 1 atom stereocenters. The first-order chi connectivity index (χ1) is 9.35. The van der Waals surface area contributed by atoms with Gasteiger partial charge in [0.1, 0.15) is 23.8 Å². The number of rotatable bonds is 5. The first kappa shape index (κ1) is 14.6. The number of carbonyl (C=O) groups excluding carboxylic acids is 1. The van der Waals surface area contributed by atoms with E-state index < -0.39 is 12.1 Å². The summed E-state index contributed by atoms with van der Waals surface area (Å²) in [6, 6.07) is 4.63. The molecule has 20 heavy (non-hydrogen) atoms. The Balaban J connectivity index is 1.97. The molecule has 0 fully saturated rings. The maximum absolute atomic E-state index is 11.2. The highest BCUT2D eigenvalue weighted by Gasteiger charge is 2.14. The summed E-state index contributed by atoms with van der Waals surface area (Å²) in [6.45, 7) is 6.63. The summed E-state index contributed by atoms with van der Waals surface area (Å²) in [7, 11) is 0. The molecule has 0 saturated carbocycles. The zero-order valence-electron chi connectivity index (χ0n) is 11.9. The fourth-order valence-corrected chi connectivity index (χ4v) is 1.72. The maximum atomic E-state index is 11.2. The molecule has 1 unspecified atom stereocenters. The zero-order valence-corrected chi connectivity index (χ0v) is 11.9. The summed E-state index contributed by atoms with van der Waals surface area (Å²) >= 11 is 0. The summed E-state index contributed by atoms with van der Waals surface area (Å²) in [4.78, 5) is 18.7. The summed E-state index contributed by atoms with van der Waals surface area (Å²) in [6.07, 6.45) is -0.640. The van der Waals surface area contributed by atoms with Crippen LogP contribution < -0.4 is 20.8 Å². The molecule has 108 valence electrons. The van der Waals surface area contributed by atoms with Gasteiger partial charge in [-0.3, -0.25) is 0 Å². The normalized spacial score (nSPS) is 15.3. The Morgan fingerprint density at radius 1 is 1.35 bits per heavy atom. The van der Waals surface area contributed by atoms with Gasteiger partial charge in [0.2, 0.25) is 0 Å². The Bertz CT molecular complexity index is 620. The molecule has 2 amide bonds. The van der Waals surface area contributed by atoms with Crippen LogP contribution in [0.3, 0.4) is 0 Å². The number of hydrogen-bond donors (Lipinski definition) is 2. The van der Waals surface area contributed by atoms with E-state index >= 15 is 0 Å². The molecule has 0 spiro atoms. The van der Waals surface area contributed by atoms with Crippen LogP contribution in [0.5, 0.6) is 5.75 Å². The molecule has 1 aliphatic heterocycles. The van der Waals surface area contributed by atoms with E-state index in [-0.39, 0.29) is 12.1 Å². The van der Waals surface area contributed by atoms with E-state index in [1.807, 2.05) is 20.8 Å². The van der Waals surface area contributed by atoms with E-state index in [4.69, 9.17) is 4.74 Å². The van der Waals surface area contributed by atoms with Gasteiger partial charge in [-0.1, -0.05) is 6.07 Å². The lowest BCUT2D eigenvalue weighted by Crippen LogP contribution is -2.42. The van der Waals surface area contributed by atoms with Crippen LogP contribution in [0.15, 0.2) is 28.2 Å². The number of para-hydroxylation sites is 1. The molecule has 6 nitrogen and oxygen atoms in total. The molecule has 0 aliphatic carbocycles. The summed E-state index contributed by atoms with van der Waals surface area (Å²) in [5.41, 5.74) is -0.0599. The molecule has 1 aliphatic rings. The average molecular weight is 277 g/mol. The third-order valence-electron chi connectivity index (χ3n) is 2.70. The lowest BCUT2D eigenvalue weighted by molar-refractivity contribution is 0.0994. The fourth-order valence-electron chi connectivity index (χ4n) is 1.72. The average Bonchev–Trinajstić information content (AvgIpc) is 2.73. The van der Waals surface area contributed by atoms with Gasteiger partial charge in [0.25, 0.3) is 0 Å². The van der Waals surface area contributed by atoms with Crippen molar-refractivity contribution in [1.82, 2.24) is 5.32 Å². The van der Waals surface area contributed by atoms with Crippen LogP contribution >= 0.6 is 0 Å². The van der Waals surface area contributed by atoms with Crippen molar-refractivity contribution in [2.24, 2.45) is 9.98 Å². The van der Waals surface area contributed by atoms with Gasteiger partial charge in [-0.2, -0.15) is 9.98 Å².